The molecule has 0 aliphatic rings. The number of nitrogens with one attached hydrogen (secondary N) is 9. The Morgan fingerprint density at radius 2 is 1.02 bits per heavy atom. The fourth-order valence-corrected chi connectivity index (χ4v) is 8.96. The SMILES string of the molecule is CCC(=O)NC(CO)C(=O)N[C@@H](CO)C(=O)NCC(=O)NCC(=O)N(c1cc(O)ccc1C)[C@H](Cc1ccc2ccccc2c1)C(=O)N[C@H](CCCCNC(=O)CCCCCCC(=O)NCCCCC(NC(=O)N[C@@H](CCC(=O)O)C(=O)O)C(=O)O)C(=O)O. The molecule has 0 fully saturated rings. The number of amides is 10. The van der Waals surface area contributed by atoms with Crippen molar-refractivity contribution in [1.82, 2.24) is 47.9 Å². The van der Waals surface area contributed by atoms with Crippen LogP contribution in [0.4, 0.5) is 10.5 Å². The molecule has 16 N–H and O–H groups in total. The minimum absolute atomic E-state index is 0.00935. The van der Waals surface area contributed by atoms with Gasteiger partial charge >= 0.3 is 29.9 Å². The molecule has 3 rings (SSSR count). The van der Waals surface area contributed by atoms with E-state index in [1.54, 1.807) is 25.1 Å². The first-order valence-electron chi connectivity index (χ1n) is 29.1. The Kier molecular flexibility index (Phi) is 32.6. The second kappa shape index (κ2) is 39.4. The van der Waals surface area contributed by atoms with Gasteiger partial charge in [0.05, 0.1) is 32.0 Å². The number of benzene rings is 3. The highest BCUT2D eigenvalue weighted by molar-refractivity contribution is 6.04. The Morgan fingerprint density at radius 3 is 1.57 bits per heavy atom. The van der Waals surface area contributed by atoms with E-state index in [1.807, 2.05) is 24.3 Å². The average molecular weight is 1250 g/mol. The fraction of sp³-hybridized carbons (Fsp3) is 0.508. The second-order valence-electron chi connectivity index (χ2n) is 20.9. The number of hydrogen-bond donors (Lipinski definition) is 16. The lowest BCUT2D eigenvalue weighted by molar-refractivity contribution is -0.142. The average Bonchev–Trinajstić information content (AvgIpc) is 2.15. The molecule has 6 atom stereocenters. The molecule has 10 amide bonds. The van der Waals surface area contributed by atoms with Crippen molar-refractivity contribution in [3.63, 3.8) is 0 Å². The number of carbonyl (C=O) groups excluding carboxylic acids is 9. The highest BCUT2D eigenvalue weighted by Crippen LogP contribution is 2.29. The molecule has 30 nitrogen and oxygen atoms in total. The maximum absolute atomic E-state index is 14.6. The second-order valence-corrected chi connectivity index (χ2v) is 20.9. The predicted molar refractivity (Wildman–Crippen MR) is 318 cm³/mol. The van der Waals surface area contributed by atoms with E-state index in [0.717, 1.165) is 15.7 Å². The normalized spacial score (nSPS) is 12.9. The number of anilines is 1. The first-order valence-corrected chi connectivity index (χ1v) is 29.1. The van der Waals surface area contributed by atoms with Gasteiger partial charge in [0.1, 0.15) is 42.0 Å². The van der Waals surface area contributed by atoms with Crippen molar-refractivity contribution in [1.29, 1.82) is 0 Å². The fourth-order valence-electron chi connectivity index (χ4n) is 8.96. The Bertz CT molecular complexity index is 2940. The van der Waals surface area contributed by atoms with Gasteiger partial charge in [0.25, 0.3) is 0 Å². The number of phenols is 1. The number of phenolic OH excluding ortho intramolecular Hbond substituents is 1. The minimum atomic E-state index is -1.62. The van der Waals surface area contributed by atoms with Crippen LogP contribution in [-0.2, 0) is 64.0 Å². The van der Waals surface area contributed by atoms with Crippen molar-refractivity contribution in [2.24, 2.45) is 0 Å². The molecular weight excluding hydrogens is 1170 g/mol. The number of carboxylic acid groups (broad SMARTS) is 4. The van der Waals surface area contributed by atoms with Crippen LogP contribution in [0.1, 0.15) is 114 Å². The molecule has 89 heavy (non-hydrogen) atoms. The number of aliphatic hydroxyl groups is 2. The zero-order valence-electron chi connectivity index (χ0n) is 49.7. The third-order valence-corrected chi connectivity index (χ3v) is 13.9. The molecule has 0 heterocycles. The number of hydrogen-bond acceptors (Lipinski definition) is 16. The summed E-state index contributed by atoms with van der Waals surface area (Å²) in [4.78, 5) is 164. The van der Waals surface area contributed by atoms with E-state index < -0.39 is 141 Å². The van der Waals surface area contributed by atoms with E-state index in [4.69, 9.17) is 5.11 Å². The van der Waals surface area contributed by atoms with Gasteiger partial charge in [-0.1, -0.05) is 68.3 Å². The van der Waals surface area contributed by atoms with Crippen molar-refractivity contribution in [3.8, 4) is 5.75 Å². The van der Waals surface area contributed by atoms with Crippen molar-refractivity contribution < 1.29 is 98.1 Å². The first-order chi connectivity index (χ1) is 42.4. The number of aliphatic hydroxyl groups excluding tert-OH is 2. The number of aromatic hydroxyl groups is 1. The van der Waals surface area contributed by atoms with Crippen LogP contribution in [0.5, 0.6) is 5.75 Å². The maximum Gasteiger partial charge on any atom is 0.326 e. The van der Waals surface area contributed by atoms with E-state index >= 15 is 0 Å². The van der Waals surface area contributed by atoms with Crippen LogP contribution in [0.15, 0.2) is 60.7 Å². The lowest BCUT2D eigenvalue weighted by Crippen LogP contribution is -2.57. The molecule has 30 heteroatoms. The van der Waals surface area contributed by atoms with Gasteiger partial charge < -0.3 is 83.6 Å². The number of unbranched alkanes of at least 4 members (excludes halogenated alkanes) is 5. The Balaban J connectivity index is 1.54. The summed E-state index contributed by atoms with van der Waals surface area (Å²) in [5.41, 5.74) is 0.988. The van der Waals surface area contributed by atoms with Crippen molar-refractivity contribution in [2.45, 2.75) is 153 Å². The van der Waals surface area contributed by atoms with Crippen molar-refractivity contribution in [3.05, 3.63) is 71.8 Å². The predicted octanol–water partition coefficient (Wildman–Crippen LogP) is -0.0519. The van der Waals surface area contributed by atoms with Gasteiger partial charge in [-0.25, -0.2) is 19.2 Å². The van der Waals surface area contributed by atoms with E-state index in [0.29, 0.717) is 49.7 Å². The van der Waals surface area contributed by atoms with Crippen LogP contribution in [0.2, 0.25) is 0 Å². The molecule has 3 aromatic rings. The van der Waals surface area contributed by atoms with Crippen LogP contribution >= 0.6 is 0 Å². The molecule has 0 aliphatic heterocycles. The lowest BCUT2D eigenvalue weighted by atomic mass is 9.98. The number of carbonyl (C=O) groups is 13. The van der Waals surface area contributed by atoms with E-state index in [-0.39, 0.29) is 87.7 Å². The van der Waals surface area contributed by atoms with Gasteiger partial charge in [0.15, 0.2) is 0 Å². The monoisotopic (exact) mass is 1250 g/mol. The van der Waals surface area contributed by atoms with Crippen LogP contribution in [0, 0.1) is 6.92 Å². The van der Waals surface area contributed by atoms with Gasteiger partial charge in [-0.3, -0.25) is 48.1 Å². The van der Waals surface area contributed by atoms with E-state index in [9.17, 15) is 93.0 Å². The number of rotatable bonds is 42. The molecule has 0 saturated carbocycles. The molecule has 0 saturated heterocycles. The van der Waals surface area contributed by atoms with Crippen molar-refractivity contribution in [2.75, 3.05) is 44.3 Å². The number of urea groups is 1. The summed E-state index contributed by atoms with van der Waals surface area (Å²) in [6.45, 7) is 0.192. The molecule has 0 spiro atoms. The molecule has 3 aromatic carbocycles. The Morgan fingerprint density at radius 1 is 0.483 bits per heavy atom. The number of carboxylic acids is 4. The number of fused-ring (bicyclic) bond motifs is 1. The zero-order valence-corrected chi connectivity index (χ0v) is 49.7. The lowest BCUT2D eigenvalue weighted by Gasteiger charge is -2.33. The maximum atomic E-state index is 14.6. The first kappa shape index (κ1) is 73.8. The standard InChI is InChI=1S/C59H82N10O20/c1-3-47(73)64-44(34-71)54(81)66-43(33-70)53(80)63-31-50(76)62-32-51(77)69(45-30-39(72)23-20-35(45)2)46(29-36-21-22-37-14-8-9-15-38(37)28-36)55(82)65-40(56(83)84)16-10-12-26-60-48(74)18-6-4-5-7-19-49(75)61-27-13-11-17-41(57(85)86)67-59(89)68-42(58(87)88)24-25-52(78)79/h8-9,14-15,20-23,28,30,40-44,46,70-72H,3-7,10-13,16-19,24-27,29,31-34H2,1-2H3,(H,60,74)(H,61,75)(H,62,76)(H,63,80)(H,64,73)(H,65,82)(H,66,81)(H,78,79)(H,83,84)(H,85,86)(H,87,88)(H2,67,68,89)/t40-,41?,42+,43+,44?,46-/m1/s1. The summed E-state index contributed by atoms with van der Waals surface area (Å²) in [6, 6.07) is 6.70. The summed E-state index contributed by atoms with van der Waals surface area (Å²) in [7, 11) is 0. The molecule has 488 valence electrons. The van der Waals surface area contributed by atoms with Crippen LogP contribution in [0.25, 0.3) is 10.8 Å². The highest BCUT2D eigenvalue weighted by atomic mass is 16.4. The highest BCUT2D eigenvalue weighted by Gasteiger charge is 2.36. The van der Waals surface area contributed by atoms with E-state index in [2.05, 4.69) is 47.9 Å². The molecular formula is C59H82N10O20. The molecule has 0 bridgehead atoms. The van der Waals surface area contributed by atoms with Crippen LogP contribution in [0.3, 0.4) is 0 Å². The smallest absolute Gasteiger partial charge is 0.326 e. The Hall–Kier alpha value is -9.45. The summed E-state index contributed by atoms with van der Waals surface area (Å²) in [5.74, 6) is -11.6. The van der Waals surface area contributed by atoms with Gasteiger partial charge in [-0.2, -0.15) is 0 Å². The minimum Gasteiger partial charge on any atom is -0.508 e. The zero-order chi connectivity index (χ0) is 66.0. The summed E-state index contributed by atoms with van der Waals surface area (Å²) in [5, 5.41) is 90.9. The quantitative estimate of drug-likeness (QED) is 0.0331. The van der Waals surface area contributed by atoms with Crippen LogP contribution < -0.4 is 52.8 Å². The number of aliphatic carboxylic acids is 4. The van der Waals surface area contributed by atoms with Gasteiger partial charge in [-0.15, -0.1) is 0 Å². The summed E-state index contributed by atoms with van der Waals surface area (Å²) in [6.07, 6.45) is 2.70. The number of aryl methyl sites for hydroxylation is 1. The molecule has 0 aromatic heterocycles. The van der Waals surface area contributed by atoms with Crippen molar-refractivity contribution >= 4 is 93.6 Å². The third kappa shape index (κ3) is 27.4. The van der Waals surface area contributed by atoms with E-state index in [1.165, 1.54) is 25.1 Å². The Labute approximate surface area is 512 Å². The number of nitrogens with zero attached hydrogens (tertiary/aromatic N) is 1. The van der Waals surface area contributed by atoms with Gasteiger partial charge in [0.2, 0.25) is 47.3 Å². The van der Waals surface area contributed by atoms with Gasteiger partial charge in [0, 0.05) is 51.3 Å². The summed E-state index contributed by atoms with van der Waals surface area (Å²) < 4.78 is 0. The summed E-state index contributed by atoms with van der Waals surface area (Å²) >= 11 is 0. The third-order valence-electron chi connectivity index (χ3n) is 13.9. The largest absolute Gasteiger partial charge is 0.508 e. The van der Waals surface area contributed by atoms with Crippen LogP contribution in [-0.4, -0.2) is 189 Å². The molecule has 0 aliphatic carbocycles. The molecule has 0 radical (unpaired) electrons. The topological polar surface area (TPSA) is 475 Å². The van der Waals surface area contributed by atoms with Gasteiger partial charge in [-0.05, 0) is 92.7 Å². The molecule has 2 unspecified atom stereocenters.